The number of morpholine rings is 1. The number of hydrogen-bond donors (Lipinski definition) is 1. The molecule has 1 fully saturated rings. The Morgan fingerprint density at radius 1 is 1.41 bits per heavy atom. The van der Waals surface area contributed by atoms with E-state index in [2.05, 4.69) is 30.6 Å². The lowest BCUT2D eigenvalue weighted by atomic mass is 9.86. The summed E-state index contributed by atoms with van der Waals surface area (Å²) < 4.78 is 5.37. The number of hydrogen-bond acceptors (Lipinski definition) is 3. The Morgan fingerprint density at radius 3 is 2.59 bits per heavy atom. The molecule has 1 rings (SSSR count). The smallest absolute Gasteiger partial charge is 0.0730 e. The largest absolute Gasteiger partial charge is 0.391 e. The second-order valence-corrected chi connectivity index (χ2v) is 4.79. The van der Waals surface area contributed by atoms with Crippen molar-refractivity contribution in [1.82, 2.24) is 4.90 Å². The van der Waals surface area contributed by atoms with Gasteiger partial charge in [0.15, 0.2) is 0 Å². The molecule has 98 valence electrons. The van der Waals surface area contributed by atoms with Gasteiger partial charge in [0.1, 0.15) is 0 Å². The summed E-state index contributed by atoms with van der Waals surface area (Å²) >= 11 is 0. The summed E-state index contributed by atoms with van der Waals surface area (Å²) in [6.07, 6.45) is 2.17. The van der Waals surface area contributed by atoms with Crippen LogP contribution in [0, 0.1) is 11.8 Å². The van der Waals surface area contributed by atoms with E-state index >= 15 is 0 Å². The van der Waals surface area contributed by atoms with Crippen LogP contribution < -0.4 is 0 Å². The average molecular weight is 239 g/mol. The fraction of sp³-hybridized carbons (Fsp3) is 0.857. The molecule has 1 aliphatic rings. The molecule has 3 heteroatoms. The Kier molecular flexibility index (Phi) is 5.97. The second kappa shape index (κ2) is 7.00. The lowest BCUT2D eigenvalue weighted by Crippen LogP contribution is -2.57. The Hall–Kier alpha value is -0.560. The van der Waals surface area contributed by atoms with Gasteiger partial charge in [0.2, 0.25) is 0 Å². The van der Waals surface area contributed by atoms with Crippen LogP contribution in [0.4, 0.5) is 0 Å². The number of nitrogens with zero attached hydrogens (tertiary/aromatic N) is 1. The van der Waals surface area contributed by atoms with Crippen LogP contribution in [0.3, 0.4) is 0 Å². The zero-order valence-corrected chi connectivity index (χ0v) is 11.3. The molecule has 1 heterocycles. The Morgan fingerprint density at radius 2 is 2.06 bits per heavy atom. The highest BCUT2D eigenvalue weighted by molar-refractivity contribution is 4.99. The fourth-order valence-electron chi connectivity index (χ4n) is 2.39. The van der Waals surface area contributed by atoms with Gasteiger partial charge in [-0.2, -0.15) is 0 Å². The summed E-state index contributed by atoms with van der Waals surface area (Å²) in [5.74, 6) is 5.90. The van der Waals surface area contributed by atoms with Crippen LogP contribution in [0.15, 0.2) is 0 Å². The molecule has 1 aliphatic heterocycles. The quantitative estimate of drug-likeness (QED) is 0.741. The minimum Gasteiger partial charge on any atom is -0.391 e. The van der Waals surface area contributed by atoms with Crippen molar-refractivity contribution in [3.05, 3.63) is 0 Å². The van der Waals surface area contributed by atoms with E-state index in [1.54, 1.807) is 0 Å². The van der Waals surface area contributed by atoms with Crippen LogP contribution in [0.1, 0.15) is 40.0 Å². The lowest BCUT2D eigenvalue weighted by molar-refractivity contribution is -0.0735. The van der Waals surface area contributed by atoms with Crippen molar-refractivity contribution in [1.29, 1.82) is 0 Å². The standard InChI is InChI=1S/C14H25NO2/c1-4-6-7-8-13(16)14(3,5-2)15-9-11-17-12-10-15/h13,16H,5,7-12H2,1-3H3. The Balaban J connectivity index is 2.60. The SMILES string of the molecule is CC#CCCC(O)C(C)(CC)N1CCOCC1. The highest BCUT2D eigenvalue weighted by Crippen LogP contribution is 2.27. The van der Waals surface area contributed by atoms with Gasteiger partial charge in [0.25, 0.3) is 0 Å². The van der Waals surface area contributed by atoms with Crippen LogP contribution in [0.2, 0.25) is 0 Å². The molecule has 0 saturated carbocycles. The van der Waals surface area contributed by atoms with Crippen molar-refractivity contribution < 1.29 is 9.84 Å². The number of rotatable bonds is 5. The molecule has 0 spiro atoms. The summed E-state index contributed by atoms with van der Waals surface area (Å²) in [5.41, 5.74) is -0.140. The normalized spacial score (nSPS) is 22.4. The maximum absolute atomic E-state index is 10.4. The third kappa shape index (κ3) is 3.70. The highest BCUT2D eigenvalue weighted by Gasteiger charge is 2.37. The van der Waals surface area contributed by atoms with Crippen LogP contribution in [-0.2, 0) is 4.74 Å². The van der Waals surface area contributed by atoms with E-state index in [-0.39, 0.29) is 11.6 Å². The second-order valence-electron chi connectivity index (χ2n) is 4.79. The molecule has 2 atom stereocenters. The maximum Gasteiger partial charge on any atom is 0.0730 e. The van der Waals surface area contributed by atoms with Gasteiger partial charge >= 0.3 is 0 Å². The fourth-order valence-corrected chi connectivity index (χ4v) is 2.39. The molecular weight excluding hydrogens is 214 g/mol. The van der Waals surface area contributed by atoms with Gasteiger partial charge in [-0.15, -0.1) is 11.8 Å². The zero-order valence-electron chi connectivity index (χ0n) is 11.3. The van der Waals surface area contributed by atoms with E-state index in [4.69, 9.17) is 4.74 Å². The van der Waals surface area contributed by atoms with Crippen molar-refractivity contribution in [2.75, 3.05) is 26.3 Å². The molecular formula is C14H25NO2. The van der Waals surface area contributed by atoms with Crippen molar-refractivity contribution >= 4 is 0 Å². The van der Waals surface area contributed by atoms with Crippen LogP contribution in [0.5, 0.6) is 0 Å². The summed E-state index contributed by atoms with van der Waals surface area (Å²) in [6, 6.07) is 0. The first-order valence-corrected chi connectivity index (χ1v) is 6.55. The van der Waals surface area contributed by atoms with Crippen LogP contribution in [0.25, 0.3) is 0 Å². The van der Waals surface area contributed by atoms with Gasteiger partial charge < -0.3 is 9.84 Å². The Bertz CT molecular complexity index is 276. The van der Waals surface area contributed by atoms with E-state index < -0.39 is 0 Å². The summed E-state index contributed by atoms with van der Waals surface area (Å²) in [5, 5.41) is 10.4. The molecule has 0 radical (unpaired) electrons. The molecule has 0 bridgehead atoms. The third-order valence-corrected chi connectivity index (χ3v) is 3.89. The molecule has 1 N–H and O–H groups in total. The van der Waals surface area contributed by atoms with Gasteiger partial charge in [-0.05, 0) is 26.7 Å². The van der Waals surface area contributed by atoms with Crippen molar-refractivity contribution in [2.24, 2.45) is 0 Å². The topological polar surface area (TPSA) is 32.7 Å². The maximum atomic E-state index is 10.4. The lowest BCUT2D eigenvalue weighted by Gasteiger charge is -2.45. The number of ether oxygens (including phenoxy) is 1. The summed E-state index contributed by atoms with van der Waals surface area (Å²) in [4.78, 5) is 2.36. The molecule has 2 unspecified atom stereocenters. The van der Waals surface area contributed by atoms with E-state index in [9.17, 15) is 5.11 Å². The molecule has 3 nitrogen and oxygen atoms in total. The predicted octanol–water partition coefficient (Wildman–Crippen LogP) is 1.65. The molecule has 0 amide bonds. The van der Waals surface area contributed by atoms with Gasteiger partial charge in [-0.1, -0.05) is 6.92 Å². The zero-order chi connectivity index (χ0) is 12.7. The van der Waals surface area contributed by atoms with E-state index in [1.165, 1.54) is 0 Å². The molecule has 1 saturated heterocycles. The van der Waals surface area contributed by atoms with Crippen molar-refractivity contribution in [3.63, 3.8) is 0 Å². The first-order chi connectivity index (χ1) is 8.15. The van der Waals surface area contributed by atoms with E-state index in [0.29, 0.717) is 0 Å². The summed E-state index contributed by atoms with van der Waals surface area (Å²) in [6.45, 7) is 9.52. The van der Waals surface area contributed by atoms with E-state index in [1.807, 2.05) is 6.92 Å². The molecule has 0 aromatic rings. The first-order valence-electron chi connectivity index (χ1n) is 6.55. The highest BCUT2D eigenvalue weighted by atomic mass is 16.5. The van der Waals surface area contributed by atoms with Gasteiger partial charge in [0.05, 0.1) is 19.3 Å². The van der Waals surface area contributed by atoms with Crippen molar-refractivity contribution in [2.45, 2.75) is 51.7 Å². The minimum absolute atomic E-state index is 0.140. The first kappa shape index (κ1) is 14.5. The van der Waals surface area contributed by atoms with Crippen LogP contribution >= 0.6 is 0 Å². The predicted molar refractivity (Wildman–Crippen MR) is 69.8 cm³/mol. The van der Waals surface area contributed by atoms with Gasteiger partial charge in [0, 0.05) is 25.0 Å². The van der Waals surface area contributed by atoms with E-state index in [0.717, 1.165) is 45.6 Å². The number of aliphatic hydroxyl groups excluding tert-OH is 1. The summed E-state index contributed by atoms with van der Waals surface area (Å²) in [7, 11) is 0. The third-order valence-electron chi connectivity index (χ3n) is 3.89. The minimum atomic E-state index is -0.313. The molecule has 17 heavy (non-hydrogen) atoms. The van der Waals surface area contributed by atoms with Gasteiger partial charge in [-0.25, -0.2) is 0 Å². The molecule has 0 aliphatic carbocycles. The molecule has 0 aromatic heterocycles. The number of aliphatic hydroxyl groups is 1. The van der Waals surface area contributed by atoms with Crippen molar-refractivity contribution in [3.8, 4) is 11.8 Å². The average Bonchev–Trinajstić information content (AvgIpc) is 2.39. The van der Waals surface area contributed by atoms with Crippen LogP contribution in [-0.4, -0.2) is 48.0 Å². The van der Waals surface area contributed by atoms with Gasteiger partial charge in [-0.3, -0.25) is 4.90 Å². The molecule has 0 aromatic carbocycles. The Labute approximate surface area is 105 Å². The monoisotopic (exact) mass is 239 g/mol.